The molecule has 2 nitrogen and oxygen atoms in total. The minimum Gasteiger partial charge on any atom is -0.384 e. The summed E-state index contributed by atoms with van der Waals surface area (Å²) in [4.78, 5) is 15.0. The van der Waals surface area contributed by atoms with Gasteiger partial charge in [0.05, 0.1) is 11.5 Å². The highest BCUT2D eigenvalue weighted by molar-refractivity contribution is 7.11. The fraction of sp³-hybridized carbons (Fsp3) is 0.296. The number of Topliss-reactive ketones (excluding diaryl/α,β-unsaturated/α-hetero) is 1. The van der Waals surface area contributed by atoms with Crippen LogP contribution in [-0.4, -0.2) is 16.5 Å². The molecule has 30 heavy (non-hydrogen) atoms. The largest absolute Gasteiger partial charge is 0.384 e. The Balaban J connectivity index is 1.92. The van der Waals surface area contributed by atoms with E-state index in [9.17, 15) is 9.90 Å². The predicted molar refractivity (Wildman–Crippen MR) is 125 cm³/mol. The molecular formula is C27H28O2S. The second-order valence-corrected chi connectivity index (χ2v) is 10.1. The van der Waals surface area contributed by atoms with Gasteiger partial charge in [-0.15, -0.1) is 11.3 Å². The van der Waals surface area contributed by atoms with Crippen molar-refractivity contribution in [3.63, 3.8) is 0 Å². The van der Waals surface area contributed by atoms with Gasteiger partial charge in [-0.05, 0) is 40.5 Å². The molecular weight excluding hydrogens is 388 g/mol. The second-order valence-electron chi connectivity index (χ2n) is 9.15. The molecule has 2 aromatic carbocycles. The van der Waals surface area contributed by atoms with Gasteiger partial charge in [0.25, 0.3) is 0 Å². The Kier molecular flexibility index (Phi) is 5.52. The minimum atomic E-state index is -1.28. The summed E-state index contributed by atoms with van der Waals surface area (Å²) < 4.78 is 0. The first kappa shape index (κ1) is 20.8. The molecule has 4 rings (SSSR count). The number of hydrogen-bond donors (Lipinski definition) is 1. The second kappa shape index (κ2) is 7.98. The molecule has 1 N–H and O–H groups in total. The van der Waals surface area contributed by atoms with Crippen molar-refractivity contribution in [2.24, 2.45) is 11.3 Å². The lowest BCUT2D eigenvalue weighted by Crippen LogP contribution is -2.54. The number of carbonyl (C=O) groups excluding carboxylic acids is 1. The number of carbonyl (C=O) groups is 1. The average Bonchev–Trinajstić information content (AvgIpc) is 3.28. The summed E-state index contributed by atoms with van der Waals surface area (Å²) >= 11 is 1.68. The zero-order valence-electron chi connectivity index (χ0n) is 17.7. The van der Waals surface area contributed by atoms with Gasteiger partial charge in [-0.2, -0.15) is 0 Å². The zero-order chi connectivity index (χ0) is 21.4. The number of rotatable bonds is 4. The first-order valence-electron chi connectivity index (χ1n) is 10.4. The lowest BCUT2D eigenvalue weighted by atomic mass is 9.57. The van der Waals surface area contributed by atoms with Gasteiger partial charge in [0.15, 0.2) is 5.78 Å². The number of ketones is 1. The summed E-state index contributed by atoms with van der Waals surface area (Å²) in [5, 5.41) is 14.3. The Bertz CT molecular complexity index is 1030. The summed E-state index contributed by atoms with van der Waals surface area (Å²) in [7, 11) is 0. The number of thiophene rings is 1. The quantitative estimate of drug-likeness (QED) is 0.487. The lowest BCUT2D eigenvalue weighted by Gasteiger charge is -2.49. The summed E-state index contributed by atoms with van der Waals surface area (Å²) in [5.41, 5.74) is 1.07. The molecule has 0 amide bonds. The third-order valence-corrected chi connectivity index (χ3v) is 7.26. The van der Waals surface area contributed by atoms with Crippen molar-refractivity contribution in [3.05, 3.63) is 100 Å². The summed E-state index contributed by atoms with van der Waals surface area (Å²) in [5.74, 6) is -0.667. The summed E-state index contributed by atoms with van der Waals surface area (Å²) in [6.07, 6.45) is 2.70. The van der Waals surface area contributed by atoms with Crippen LogP contribution >= 0.6 is 11.3 Å². The minimum absolute atomic E-state index is 0.00311. The number of allylic oxidation sites excluding steroid dienone is 1. The third kappa shape index (κ3) is 3.68. The lowest BCUT2D eigenvalue weighted by molar-refractivity contribution is -0.0627. The van der Waals surface area contributed by atoms with Crippen LogP contribution in [-0.2, 0) is 0 Å². The van der Waals surface area contributed by atoms with Gasteiger partial charge in [-0.3, -0.25) is 4.79 Å². The zero-order valence-corrected chi connectivity index (χ0v) is 18.5. The van der Waals surface area contributed by atoms with Crippen molar-refractivity contribution >= 4 is 22.7 Å². The standard InChI is InChI=1S/C27H28O2S/c1-26(2,3)27(29)18-21(23-15-10-16-30-23)17-22(19-11-6-4-7-12-19)24(27)25(28)20-13-8-5-9-14-20/h4-16,18,22,24,29H,17H2,1-3H3. The molecule has 0 bridgehead atoms. The normalized spacial score (nSPS) is 24.3. The highest BCUT2D eigenvalue weighted by Gasteiger charge is 2.54. The molecule has 154 valence electrons. The van der Waals surface area contributed by atoms with Gasteiger partial charge >= 0.3 is 0 Å². The van der Waals surface area contributed by atoms with E-state index in [4.69, 9.17) is 0 Å². The maximum Gasteiger partial charge on any atom is 0.169 e. The van der Waals surface area contributed by atoms with E-state index in [2.05, 4.69) is 23.6 Å². The van der Waals surface area contributed by atoms with Crippen LogP contribution in [0.4, 0.5) is 0 Å². The highest BCUT2D eigenvalue weighted by atomic mass is 32.1. The molecule has 1 aliphatic carbocycles. The van der Waals surface area contributed by atoms with Crippen LogP contribution in [0.15, 0.2) is 84.3 Å². The van der Waals surface area contributed by atoms with E-state index in [1.165, 1.54) is 0 Å². The van der Waals surface area contributed by atoms with Crippen LogP contribution in [0.1, 0.15) is 53.9 Å². The molecule has 1 aromatic heterocycles. The van der Waals surface area contributed by atoms with E-state index in [-0.39, 0.29) is 11.7 Å². The van der Waals surface area contributed by atoms with Crippen molar-refractivity contribution < 1.29 is 9.90 Å². The van der Waals surface area contributed by atoms with E-state index in [1.54, 1.807) is 11.3 Å². The van der Waals surface area contributed by atoms with Gasteiger partial charge in [0.1, 0.15) is 0 Å². The molecule has 0 radical (unpaired) electrons. The predicted octanol–water partition coefficient (Wildman–Crippen LogP) is 6.60. The fourth-order valence-electron chi connectivity index (χ4n) is 4.57. The van der Waals surface area contributed by atoms with Crippen LogP contribution in [0.3, 0.4) is 0 Å². The molecule has 0 saturated carbocycles. The maximum absolute atomic E-state index is 13.9. The number of aliphatic hydroxyl groups is 1. The molecule has 0 fully saturated rings. The average molecular weight is 417 g/mol. The van der Waals surface area contributed by atoms with E-state index >= 15 is 0 Å². The van der Waals surface area contributed by atoms with Gasteiger partial charge in [-0.1, -0.05) is 87.5 Å². The van der Waals surface area contributed by atoms with Gasteiger partial charge < -0.3 is 5.11 Å². The topological polar surface area (TPSA) is 37.3 Å². The molecule has 3 unspecified atom stereocenters. The van der Waals surface area contributed by atoms with Crippen molar-refractivity contribution in [3.8, 4) is 0 Å². The van der Waals surface area contributed by atoms with Crippen LogP contribution in [0, 0.1) is 11.3 Å². The third-order valence-electron chi connectivity index (χ3n) is 6.32. The first-order chi connectivity index (χ1) is 14.3. The van der Waals surface area contributed by atoms with Gasteiger partial charge in [-0.25, -0.2) is 0 Å². The van der Waals surface area contributed by atoms with E-state index in [0.29, 0.717) is 5.56 Å². The Morgan fingerprint density at radius 2 is 1.60 bits per heavy atom. The molecule has 3 aromatic rings. The van der Waals surface area contributed by atoms with Gasteiger partial charge in [0.2, 0.25) is 0 Å². The van der Waals surface area contributed by atoms with E-state index in [0.717, 1.165) is 22.4 Å². The Morgan fingerprint density at radius 1 is 0.967 bits per heavy atom. The van der Waals surface area contributed by atoms with Crippen LogP contribution in [0.2, 0.25) is 0 Å². The van der Waals surface area contributed by atoms with E-state index < -0.39 is 16.9 Å². The first-order valence-corrected chi connectivity index (χ1v) is 11.3. The Labute approximate surface area is 182 Å². The Hall–Kier alpha value is -2.49. The molecule has 3 heteroatoms. The Morgan fingerprint density at radius 3 is 2.17 bits per heavy atom. The van der Waals surface area contributed by atoms with Crippen molar-refractivity contribution in [1.82, 2.24) is 0 Å². The van der Waals surface area contributed by atoms with Crippen LogP contribution in [0.25, 0.3) is 5.57 Å². The highest BCUT2D eigenvalue weighted by Crippen LogP contribution is 2.53. The molecule has 0 aliphatic heterocycles. The van der Waals surface area contributed by atoms with Crippen molar-refractivity contribution in [1.29, 1.82) is 0 Å². The SMILES string of the molecule is CC(C)(C)C1(O)C=C(c2cccs2)CC(c2ccccc2)C1C(=O)c1ccccc1. The fourth-order valence-corrected chi connectivity index (χ4v) is 5.32. The molecule has 1 heterocycles. The van der Waals surface area contributed by atoms with E-state index in [1.807, 2.05) is 81.4 Å². The molecule has 0 saturated heterocycles. The number of benzene rings is 2. The summed E-state index contributed by atoms with van der Waals surface area (Å²) in [6.45, 7) is 6.07. The van der Waals surface area contributed by atoms with Gasteiger partial charge in [0, 0.05) is 16.4 Å². The van der Waals surface area contributed by atoms with Crippen molar-refractivity contribution in [2.75, 3.05) is 0 Å². The molecule has 1 aliphatic rings. The van der Waals surface area contributed by atoms with Crippen LogP contribution in [0.5, 0.6) is 0 Å². The monoisotopic (exact) mass is 416 g/mol. The molecule has 3 atom stereocenters. The molecule has 0 spiro atoms. The smallest absolute Gasteiger partial charge is 0.169 e. The summed E-state index contributed by atoms with van der Waals surface area (Å²) in [6, 6.07) is 23.7. The number of hydrogen-bond acceptors (Lipinski definition) is 3. The maximum atomic E-state index is 13.9. The van der Waals surface area contributed by atoms with Crippen molar-refractivity contribution in [2.45, 2.75) is 38.7 Å². The van der Waals surface area contributed by atoms with Crippen LogP contribution < -0.4 is 0 Å².